The molecule has 0 bridgehead atoms. The molecule has 1 aromatic heterocycles. The number of aliphatic hydroxyl groups excluding tert-OH is 1. The van der Waals surface area contributed by atoms with Crippen molar-refractivity contribution in [3.8, 4) is 11.8 Å². The summed E-state index contributed by atoms with van der Waals surface area (Å²) in [6, 6.07) is 20.3. The first-order valence-corrected chi connectivity index (χ1v) is 7.30. The molecule has 118 valence electrons. The minimum atomic E-state index is -1.15. The van der Waals surface area contributed by atoms with Crippen molar-refractivity contribution in [2.45, 2.75) is 6.23 Å². The number of anilines is 1. The van der Waals surface area contributed by atoms with Crippen LogP contribution in [0.4, 0.5) is 5.82 Å². The predicted molar refractivity (Wildman–Crippen MR) is 91.5 cm³/mol. The average molecular weight is 317 g/mol. The molecule has 3 rings (SSSR count). The van der Waals surface area contributed by atoms with Crippen molar-refractivity contribution >= 4 is 11.5 Å². The second-order valence-corrected chi connectivity index (χ2v) is 5.06. The van der Waals surface area contributed by atoms with Gasteiger partial charge in [0.05, 0.1) is 0 Å². The molecule has 1 unspecified atom stereocenters. The molecule has 0 radical (unpaired) electrons. The summed E-state index contributed by atoms with van der Waals surface area (Å²) in [5.41, 5.74) is 7.76. The molecule has 0 amide bonds. The van der Waals surface area contributed by atoms with Gasteiger partial charge in [0.2, 0.25) is 0 Å². The van der Waals surface area contributed by atoms with E-state index in [0.717, 1.165) is 5.69 Å². The van der Waals surface area contributed by atoms with E-state index in [4.69, 9.17) is 5.73 Å². The van der Waals surface area contributed by atoms with Gasteiger partial charge in [0.15, 0.2) is 11.9 Å². The van der Waals surface area contributed by atoms with E-state index in [-0.39, 0.29) is 11.4 Å². The molecule has 0 saturated heterocycles. The highest BCUT2D eigenvalue weighted by Gasteiger charge is 2.16. The summed E-state index contributed by atoms with van der Waals surface area (Å²) in [6.45, 7) is 0. The zero-order chi connectivity index (χ0) is 16.9. The number of hydrogen-bond acceptors (Lipinski definition) is 5. The fraction of sp³-hybridized carbons (Fsp3) is 0.0556. The van der Waals surface area contributed by atoms with Gasteiger partial charge in [0.25, 0.3) is 0 Å². The van der Waals surface area contributed by atoms with Gasteiger partial charge in [-0.3, -0.25) is 4.57 Å². The molecule has 0 spiro atoms. The Morgan fingerprint density at radius 2 is 1.75 bits per heavy atom. The third kappa shape index (κ3) is 3.02. The summed E-state index contributed by atoms with van der Waals surface area (Å²) >= 11 is 0. The molecular weight excluding hydrogens is 302 g/mol. The van der Waals surface area contributed by atoms with Crippen molar-refractivity contribution in [2.75, 3.05) is 5.73 Å². The van der Waals surface area contributed by atoms with E-state index in [9.17, 15) is 10.4 Å². The number of nitrogen functional groups attached to an aromatic ring is 1. The van der Waals surface area contributed by atoms with Crippen LogP contribution in [0.3, 0.4) is 0 Å². The molecule has 24 heavy (non-hydrogen) atoms. The molecular formula is C18H15N5O. The summed E-state index contributed by atoms with van der Waals surface area (Å²) in [7, 11) is 0. The molecule has 1 atom stereocenters. The zero-order valence-corrected chi connectivity index (χ0v) is 12.7. The Labute approximate surface area is 139 Å². The van der Waals surface area contributed by atoms with Crippen molar-refractivity contribution in [3.63, 3.8) is 0 Å². The Morgan fingerprint density at radius 3 is 2.38 bits per heavy atom. The standard InChI is InChI=1S/C18H15N5O/c19-11-15(22-18(24)13-7-3-1-4-8-13)16-17(20)23(12-21-16)14-9-5-2-6-10-14/h1-10,12,18,24H,20H2/b22-15+. The smallest absolute Gasteiger partial charge is 0.172 e. The highest BCUT2D eigenvalue weighted by Crippen LogP contribution is 2.20. The summed E-state index contributed by atoms with van der Waals surface area (Å²) in [6.07, 6.45) is 0.379. The zero-order valence-electron chi connectivity index (χ0n) is 12.7. The third-order valence-corrected chi connectivity index (χ3v) is 3.52. The fourth-order valence-electron chi connectivity index (χ4n) is 2.30. The van der Waals surface area contributed by atoms with E-state index < -0.39 is 6.23 Å². The van der Waals surface area contributed by atoms with Crippen LogP contribution in [0.15, 0.2) is 72.0 Å². The Hall–Kier alpha value is -3.43. The van der Waals surface area contributed by atoms with Gasteiger partial charge < -0.3 is 10.8 Å². The van der Waals surface area contributed by atoms with Gasteiger partial charge in [0.1, 0.15) is 23.9 Å². The fourth-order valence-corrected chi connectivity index (χ4v) is 2.30. The minimum Gasteiger partial charge on any atom is -0.383 e. The summed E-state index contributed by atoms with van der Waals surface area (Å²) in [5.74, 6) is 0.293. The quantitative estimate of drug-likeness (QED) is 0.722. The van der Waals surface area contributed by atoms with Crippen LogP contribution >= 0.6 is 0 Å². The van der Waals surface area contributed by atoms with E-state index in [2.05, 4.69) is 9.98 Å². The Morgan fingerprint density at radius 1 is 1.12 bits per heavy atom. The number of hydrogen-bond donors (Lipinski definition) is 2. The monoisotopic (exact) mass is 317 g/mol. The summed E-state index contributed by atoms with van der Waals surface area (Å²) in [4.78, 5) is 8.24. The van der Waals surface area contributed by atoms with Crippen molar-refractivity contribution < 1.29 is 5.11 Å². The van der Waals surface area contributed by atoms with Crippen LogP contribution in [0.1, 0.15) is 17.5 Å². The van der Waals surface area contributed by atoms with Crippen molar-refractivity contribution in [2.24, 2.45) is 4.99 Å². The second kappa shape index (κ2) is 6.77. The number of rotatable bonds is 4. The molecule has 6 heteroatoms. The van der Waals surface area contributed by atoms with Crippen molar-refractivity contribution in [1.82, 2.24) is 9.55 Å². The number of imidazole rings is 1. The molecule has 0 saturated carbocycles. The van der Waals surface area contributed by atoms with Crippen LogP contribution in [0.25, 0.3) is 5.69 Å². The number of nitrogens with zero attached hydrogens (tertiary/aromatic N) is 4. The average Bonchev–Trinajstić information content (AvgIpc) is 3.02. The Bertz CT molecular complexity index is 894. The van der Waals surface area contributed by atoms with Crippen LogP contribution in [0, 0.1) is 11.3 Å². The predicted octanol–water partition coefficient (Wildman–Crippen LogP) is 2.46. The molecule has 3 aromatic rings. The van der Waals surface area contributed by atoms with Gasteiger partial charge in [-0.1, -0.05) is 48.5 Å². The highest BCUT2D eigenvalue weighted by atomic mass is 16.3. The van der Waals surface area contributed by atoms with Crippen molar-refractivity contribution in [3.05, 3.63) is 78.2 Å². The van der Waals surface area contributed by atoms with Crippen LogP contribution in [0.5, 0.6) is 0 Å². The van der Waals surface area contributed by atoms with E-state index in [1.54, 1.807) is 28.8 Å². The topological polar surface area (TPSA) is 100 Å². The maximum absolute atomic E-state index is 10.2. The van der Waals surface area contributed by atoms with E-state index in [0.29, 0.717) is 11.4 Å². The molecule has 6 nitrogen and oxygen atoms in total. The normalized spacial score (nSPS) is 12.6. The minimum absolute atomic E-state index is 0.0152. The van der Waals surface area contributed by atoms with Gasteiger partial charge in [-0.25, -0.2) is 9.98 Å². The lowest BCUT2D eigenvalue weighted by Crippen LogP contribution is -2.08. The lowest BCUT2D eigenvalue weighted by molar-refractivity contribution is 0.189. The number of para-hydroxylation sites is 1. The third-order valence-electron chi connectivity index (χ3n) is 3.52. The first-order valence-electron chi connectivity index (χ1n) is 7.30. The maximum Gasteiger partial charge on any atom is 0.172 e. The largest absolute Gasteiger partial charge is 0.383 e. The van der Waals surface area contributed by atoms with Gasteiger partial charge in [-0.15, -0.1) is 0 Å². The van der Waals surface area contributed by atoms with E-state index in [1.807, 2.05) is 42.5 Å². The molecule has 2 aromatic carbocycles. The molecule has 0 aliphatic rings. The molecule has 0 aliphatic carbocycles. The van der Waals surface area contributed by atoms with E-state index in [1.165, 1.54) is 6.33 Å². The van der Waals surface area contributed by atoms with Crippen LogP contribution in [0.2, 0.25) is 0 Å². The SMILES string of the molecule is N#C/C(=N\C(O)c1ccccc1)c1ncn(-c2ccccc2)c1N. The first-order chi connectivity index (χ1) is 11.7. The van der Waals surface area contributed by atoms with Gasteiger partial charge >= 0.3 is 0 Å². The first kappa shape index (κ1) is 15.5. The lowest BCUT2D eigenvalue weighted by atomic mass is 10.2. The van der Waals surface area contributed by atoms with Crippen molar-refractivity contribution in [1.29, 1.82) is 5.26 Å². The van der Waals surface area contributed by atoms with E-state index >= 15 is 0 Å². The molecule has 3 N–H and O–H groups in total. The summed E-state index contributed by atoms with van der Waals surface area (Å²) < 4.78 is 1.66. The molecule has 0 aliphatic heterocycles. The van der Waals surface area contributed by atoms with Crippen LogP contribution in [-0.4, -0.2) is 20.4 Å². The highest BCUT2D eigenvalue weighted by molar-refractivity contribution is 6.13. The van der Waals surface area contributed by atoms with Gasteiger partial charge in [-0.05, 0) is 12.1 Å². The lowest BCUT2D eigenvalue weighted by Gasteiger charge is -2.07. The number of nitriles is 1. The summed E-state index contributed by atoms with van der Waals surface area (Å²) in [5, 5.41) is 19.6. The number of nitrogens with two attached hydrogens (primary N) is 1. The molecule has 1 heterocycles. The maximum atomic E-state index is 10.2. The number of aliphatic hydroxyl groups is 1. The number of aromatic nitrogens is 2. The van der Waals surface area contributed by atoms with Crippen LogP contribution in [-0.2, 0) is 0 Å². The molecule has 0 fully saturated rings. The second-order valence-electron chi connectivity index (χ2n) is 5.06. The van der Waals surface area contributed by atoms with Gasteiger partial charge in [-0.2, -0.15) is 5.26 Å². The number of benzene rings is 2. The Balaban J connectivity index is 1.97. The number of aliphatic imine (C=N–C) groups is 1. The van der Waals surface area contributed by atoms with Gasteiger partial charge in [0, 0.05) is 11.3 Å². The Kier molecular flexibility index (Phi) is 4.36. The van der Waals surface area contributed by atoms with Crippen LogP contribution < -0.4 is 5.73 Å².